The van der Waals surface area contributed by atoms with Crippen LogP contribution in [0.1, 0.15) is 0 Å². The summed E-state index contributed by atoms with van der Waals surface area (Å²) in [7, 11) is 0. The van der Waals surface area contributed by atoms with Gasteiger partial charge in [0, 0.05) is 43.3 Å². The number of nitrogens with one attached hydrogen (secondary N) is 1. The SMILES string of the molecule is CSc1cccc(-c2cc3ccc(N4CCNCC4)cc3oc2=O)n1. The molecular formula is C19H19N3O2S. The van der Waals surface area contributed by atoms with Crippen molar-refractivity contribution in [1.82, 2.24) is 10.3 Å². The van der Waals surface area contributed by atoms with E-state index < -0.39 is 0 Å². The monoisotopic (exact) mass is 353 g/mol. The van der Waals surface area contributed by atoms with E-state index in [1.807, 2.05) is 42.7 Å². The highest BCUT2D eigenvalue weighted by molar-refractivity contribution is 7.98. The number of benzene rings is 1. The van der Waals surface area contributed by atoms with Crippen LogP contribution in [0.5, 0.6) is 0 Å². The summed E-state index contributed by atoms with van der Waals surface area (Å²) in [6.45, 7) is 3.86. The van der Waals surface area contributed by atoms with Gasteiger partial charge in [0.2, 0.25) is 0 Å². The van der Waals surface area contributed by atoms with Crippen LogP contribution in [0.2, 0.25) is 0 Å². The van der Waals surface area contributed by atoms with Crippen LogP contribution >= 0.6 is 11.8 Å². The summed E-state index contributed by atoms with van der Waals surface area (Å²) in [5.74, 6) is 0. The molecule has 0 radical (unpaired) electrons. The van der Waals surface area contributed by atoms with Crippen molar-refractivity contribution in [1.29, 1.82) is 0 Å². The highest BCUT2D eigenvalue weighted by atomic mass is 32.2. The number of anilines is 1. The molecule has 3 heterocycles. The number of pyridine rings is 1. The molecule has 3 aromatic rings. The largest absolute Gasteiger partial charge is 0.422 e. The Kier molecular flexibility index (Phi) is 4.46. The van der Waals surface area contributed by atoms with Crippen molar-refractivity contribution in [3.8, 4) is 11.3 Å². The lowest BCUT2D eigenvalue weighted by Crippen LogP contribution is -2.43. The molecular weight excluding hydrogens is 334 g/mol. The summed E-state index contributed by atoms with van der Waals surface area (Å²) < 4.78 is 5.61. The van der Waals surface area contributed by atoms with E-state index in [0.29, 0.717) is 16.8 Å². The van der Waals surface area contributed by atoms with Crippen molar-refractivity contribution >= 4 is 28.4 Å². The molecule has 0 aliphatic carbocycles. The Balaban J connectivity index is 1.76. The Hall–Kier alpha value is -2.31. The van der Waals surface area contributed by atoms with E-state index >= 15 is 0 Å². The minimum atomic E-state index is -0.351. The van der Waals surface area contributed by atoms with Crippen molar-refractivity contribution in [2.75, 3.05) is 37.3 Å². The molecule has 6 heteroatoms. The van der Waals surface area contributed by atoms with E-state index in [1.165, 1.54) is 0 Å². The molecule has 0 unspecified atom stereocenters. The number of hydrogen-bond donors (Lipinski definition) is 1. The maximum absolute atomic E-state index is 12.5. The van der Waals surface area contributed by atoms with Crippen LogP contribution in [0.15, 0.2) is 56.7 Å². The van der Waals surface area contributed by atoms with Gasteiger partial charge in [-0.2, -0.15) is 0 Å². The average Bonchev–Trinajstić information content (AvgIpc) is 2.67. The molecule has 0 saturated carbocycles. The van der Waals surface area contributed by atoms with Crippen molar-refractivity contribution in [3.63, 3.8) is 0 Å². The average molecular weight is 353 g/mol. The van der Waals surface area contributed by atoms with Crippen molar-refractivity contribution in [2.45, 2.75) is 5.03 Å². The first-order chi connectivity index (χ1) is 12.2. The molecule has 25 heavy (non-hydrogen) atoms. The maximum Gasteiger partial charge on any atom is 0.345 e. The Morgan fingerprint density at radius 1 is 1.16 bits per heavy atom. The molecule has 0 bridgehead atoms. The third kappa shape index (κ3) is 3.27. The zero-order valence-corrected chi connectivity index (χ0v) is 14.8. The highest BCUT2D eigenvalue weighted by Crippen LogP contribution is 2.25. The molecule has 1 aliphatic rings. The number of aromatic nitrogens is 1. The predicted octanol–water partition coefficient (Wildman–Crippen LogP) is 2.99. The first-order valence-electron chi connectivity index (χ1n) is 8.29. The molecule has 4 rings (SSSR count). The summed E-state index contributed by atoms with van der Waals surface area (Å²) >= 11 is 1.55. The van der Waals surface area contributed by atoms with E-state index in [9.17, 15) is 4.79 Å². The van der Waals surface area contributed by atoms with Crippen LogP contribution < -0.4 is 15.8 Å². The molecule has 0 spiro atoms. The molecule has 1 aromatic carbocycles. The van der Waals surface area contributed by atoms with Crippen LogP contribution in [0.4, 0.5) is 5.69 Å². The smallest absolute Gasteiger partial charge is 0.345 e. The van der Waals surface area contributed by atoms with Crippen molar-refractivity contribution in [2.24, 2.45) is 0 Å². The first kappa shape index (κ1) is 16.2. The molecule has 1 fully saturated rings. The molecule has 0 amide bonds. The maximum atomic E-state index is 12.5. The fraction of sp³-hybridized carbons (Fsp3) is 0.263. The minimum Gasteiger partial charge on any atom is -0.422 e. The van der Waals surface area contributed by atoms with Gasteiger partial charge in [0.25, 0.3) is 0 Å². The second-order valence-corrected chi connectivity index (χ2v) is 6.80. The zero-order valence-electron chi connectivity index (χ0n) is 14.0. The second kappa shape index (κ2) is 6.90. The van der Waals surface area contributed by atoms with Crippen LogP contribution in [0.3, 0.4) is 0 Å². The third-order valence-electron chi connectivity index (χ3n) is 4.41. The summed E-state index contributed by atoms with van der Waals surface area (Å²) in [5, 5.41) is 5.13. The fourth-order valence-electron chi connectivity index (χ4n) is 3.08. The number of rotatable bonds is 3. The molecule has 1 N–H and O–H groups in total. The Morgan fingerprint density at radius 3 is 2.80 bits per heavy atom. The van der Waals surface area contributed by atoms with E-state index in [0.717, 1.165) is 42.3 Å². The standard InChI is InChI=1S/C19H19N3O2S/c1-25-18-4-2-3-16(21-18)15-11-13-5-6-14(12-17(13)24-19(15)23)22-9-7-20-8-10-22/h2-6,11-12,20H,7-10H2,1H3. The molecule has 0 atom stereocenters. The van der Waals surface area contributed by atoms with Crippen LogP contribution in [0.25, 0.3) is 22.2 Å². The number of thioether (sulfide) groups is 1. The first-order valence-corrected chi connectivity index (χ1v) is 9.52. The van der Waals surface area contributed by atoms with Gasteiger partial charge in [-0.1, -0.05) is 6.07 Å². The van der Waals surface area contributed by atoms with Crippen molar-refractivity contribution < 1.29 is 4.42 Å². The van der Waals surface area contributed by atoms with Crippen LogP contribution in [-0.2, 0) is 0 Å². The van der Waals surface area contributed by atoms with Gasteiger partial charge in [-0.3, -0.25) is 0 Å². The lowest BCUT2D eigenvalue weighted by Gasteiger charge is -2.29. The minimum absolute atomic E-state index is 0.351. The van der Waals surface area contributed by atoms with Crippen LogP contribution in [0, 0.1) is 0 Å². The zero-order chi connectivity index (χ0) is 17.2. The highest BCUT2D eigenvalue weighted by Gasteiger charge is 2.14. The van der Waals surface area contributed by atoms with Gasteiger partial charge in [0.05, 0.1) is 16.3 Å². The summed E-state index contributed by atoms with van der Waals surface area (Å²) in [6.07, 6.45) is 1.96. The van der Waals surface area contributed by atoms with Crippen molar-refractivity contribution in [3.05, 3.63) is 52.9 Å². The number of fused-ring (bicyclic) bond motifs is 1. The Labute approximate surface area is 150 Å². The predicted molar refractivity (Wildman–Crippen MR) is 103 cm³/mol. The third-order valence-corrected chi connectivity index (χ3v) is 5.06. The summed E-state index contributed by atoms with van der Waals surface area (Å²) in [5.41, 5.74) is 2.50. The summed E-state index contributed by atoms with van der Waals surface area (Å²) in [4.78, 5) is 19.3. The van der Waals surface area contributed by atoms with Gasteiger partial charge in [0.15, 0.2) is 0 Å². The molecule has 1 aliphatic heterocycles. The number of nitrogens with zero attached hydrogens (tertiary/aromatic N) is 2. The lowest BCUT2D eigenvalue weighted by atomic mass is 10.1. The van der Waals surface area contributed by atoms with E-state index in [1.54, 1.807) is 11.8 Å². The van der Waals surface area contributed by atoms with Gasteiger partial charge in [-0.15, -0.1) is 11.8 Å². The van der Waals surface area contributed by atoms with Gasteiger partial charge in [-0.05, 0) is 36.6 Å². The van der Waals surface area contributed by atoms with Crippen LogP contribution in [-0.4, -0.2) is 37.4 Å². The molecule has 2 aromatic heterocycles. The lowest BCUT2D eigenvalue weighted by molar-refractivity contribution is 0.561. The van der Waals surface area contributed by atoms with Gasteiger partial charge in [-0.25, -0.2) is 9.78 Å². The topological polar surface area (TPSA) is 58.4 Å². The van der Waals surface area contributed by atoms with E-state index in [2.05, 4.69) is 21.3 Å². The second-order valence-electron chi connectivity index (χ2n) is 5.97. The molecule has 5 nitrogen and oxygen atoms in total. The van der Waals surface area contributed by atoms with E-state index in [4.69, 9.17) is 4.42 Å². The van der Waals surface area contributed by atoms with Gasteiger partial charge < -0.3 is 14.6 Å². The Morgan fingerprint density at radius 2 is 2.00 bits per heavy atom. The number of hydrogen-bond acceptors (Lipinski definition) is 6. The fourth-order valence-corrected chi connectivity index (χ4v) is 3.48. The quantitative estimate of drug-likeness (QED) is 0.577. The molecule has 1 saturated heterocycles. The van der Waals surface area contributed by atoms with Gasteiger partial charge >= 0.3 is 5.63 Å². The Bertz CT molecular complexity index is 964. The van der Waals surface area contributed by atoms with E-state index in [-0.39, 0.29) is 5.63 Å². The molecule has 128 valence electrons. The normalized spacial score (nSPS) is 14.8. The number of piperazine rings is 1. The van der Waals surface area contributed by atoms with Gasteiger partial charge in [0.1, 0.15) is 5.58 Å². The summed E-state index contributed by atoms with van der Waals surface area (Å²) in [6, 6.07) is 13.6.